The maximum atomic E-state index is 10.1. The third-order valence-corrected chi connectivity index (χ3v) is 3.50. The number of ether oxygens (including phenoxy) is 2. The smallest absolute Gasteiger partial charge is 0.224 e. The summed E-state index contributed by atoms with van der Waals surface area (Å²) in [7, 11) is 1.45. The number of aromatic nitrogens is 4. The Morgan fingerprint density at radius 2 is 2.19 bits per heavy atom. The molecule has 4 atom stereocenters. The maximum Gasteiger partial charge on any atom is 0.224 e. The average molecular weight is 296 g/mol. The third-order valence-electron chi connectivity index (χ3n) is 3.50. The number of nitrogens with two attached hydrogens (primary N) is 2. The van der Waals surface area contributed by atoms with Gasteiger partial charge in [0.2, 0.25) is 5.95 Å². The van der Waals surface area contributed by atoms with Gasteiger partial charge in [0.15, 0.2) is 17.7 Å². The largest absolute Gasteiger partial charge is 0.394 e. The Labute approximate surface area is 119 Å². The van der Waals surface area contributed by atoms with Gasteiger partial charge in [0.1, 0.15) is 23.8 Å². The number of aliphatic hydroxyl groups is 2. The predicted octanol–water partition coefficient (Wildman–Crippen LogP) is -1.74. The minimum absolute atomic E-state index is 0.00738. The van der Waals surface area contributed by atoms with Crippen LogP contribution in [0.2, 0.25) is 0 Å². The van der Waals surface area contributed by atoms with Crippen LogP contribution in [0.25, 0.3) is 11.2 Å². The molecule has 3 heterocycles. The zero-order valence-electron chi connectivity index (χ0n) is 11.2. The molecule has 10 heteroatoms. The average Bonchev–Trinajstić information content (AvgIpc) is 2.99. The van der Waals surface area contributed by atoms with Crippen molar-refractivity contribution in [3.63, 3.8) is 0 Å². The van der Waals surface area contributed by atoms with E-state index in [-0.39, 0.29) is 18.4 Å². The molecule has 0 aliphatic carbocycles. The number of methoxy groups -OCH3 is 1. The fourth-order valence-corrected chi connectivity index (χ4v) is 2.49. The van der Waals surface area contributed by atoms with E-state index in [0.717, 1.165) is 0 Å². The first-order chi connectivity index (χ1) is 10.1. The molecule has 114 valence electrons. The maximum absolute atomic E-state index is 10.1. The van der Waals surface area contributed by atoms with E-state index in [2.05, 4.69) is 15.0 Å². The number of hydrogen-bond donors (Lipinski definition) is 4. The predicted molar refractivity (Wildman–Crippen MR) is 71.9 cm³/mol. The number of aliphatic hydroxyl groups excluding tert-OH is 2. The molecule has 0 bridgehead atoms. The third kappa shape index (κ3) is 2.08. The topological polar surface area (TPSA) is 155 Å². The first-order valence-corrected chi connectivity index (χ1v) is 6.29. The van der Waals surface area contributed by atoms with Crippen LogP contribution in [0, 0.1) is 0 Å². The number of imidazole rings is 1. The SMILES string of the molecule is CO[C@H]1[C@@H](O)[C@@H](CO)O[C@H]1n1cnc2c(N)nc(N)nc21. The van der Waals surface area contributed by atoms with Crippen molar-refractivity contribution in [2.45, 2.75) is 24.5 Å². The van der Waals surface area contributed by atoms with E-state index in [1.807, 2.05) is 0 Å². The van der Waals surface area contributed by atoms with Crippen LogP contribution in [0.1, 0.15) is 6.23 Å². The Balaban J connectivity index is 2.08. The van der Waals surface area contributed by atoms with Gasteiger partial charge in [0.25, 0.3) is 0 Å². The molecule has 10 nitrogen and oxygen atoms in total. The zero-order chi connectivity index (χ0) is 15.1. The number of nitrogen functional groups attached to an aromatic ring is 2. The van der Waals surface area contributed by atoms with Gasteiger partial charge in [-0.2, -0.15) is 9.97 Å². The summed E-state index contributed by atoms with van der Waals surface area (Å²) in [6, 6.07) is 0. The van der Waals surface area contributed by atoms with Crippen molar-refractivity contribution in [2.24, 2.45) is 0 Å². The molecular weight excluding hydrogens is 280 g/mol. The van der Waals surface area contributed by atoms with Crippen LogP contribution in [0.15, 0.2) is 6.33 Å². The molecule has 21 heavy (non-hydrogen) atoms. The fraction of sp³-hybridized carbons (Fsp3) is 0.545. The molecule has 0 radical (unpaired) electrons. The van der Waals surface area contributed by atoms with Crippen LogP contribution in [0.5, 0.6) is 0 Å². The lowest BCUT2D eigenvalue weighted by atomic mass is 10.1. The van der Waals surface area contributed by atoms with E-state index in [9.17, 15) is 10.2 Å². The molecule has 6 N–H and O–H groups in total. The quantitative estimate of drug-likeness (QED) is 0.516. The Morgan fingerprint density at radius 3 is 2.86 bits per heavy atom. The van der Waals surface area contributed by atoms with Gasteiger partial charge in [-0.15, -0.1) is 0 Å². The second-order valence-corrected chi connectivity index (χ2v) is 4.73. The molecule has 0 amide bonds. The first kappa shape index (κ1) is 13.9. The van der Waals surface area contributed by atoms with Crippen molar-refractivity contribution in [3.05, 3.63) is 6.33 Å². The standard InChI is InChI=1S/C11H16N6O4/c1-20-7-6(19)4(2-18)21-10(7)17-3-14-5-8(12)15-11(13)16-9(5)17/h3-4,6-7,10,18-19H,2H2,1H3,(H4,12,13,15,16)/t4-,6+,7+,10-/m1/s1. The molecule has 0 aromatic carbocycles. The number of nitrogens with zero attached hydrogens (tertiary/aromatic N) is 4. The van der Waals surface area contributed by atoms with Crippen molar-refractivity contribution in [1.29, 1.82) is 0 Å². The van der Waals surface area contributed by atoms with E-state index in [1.54, 1.807) is 4.57 Å². The van der Waals surface area contributed by atoms with Gasteiger partial charge in [0, 0.05) is 7.11 Å². The molecular formula is C11H16N6O4. The molecule has 0 spiro atoms. The lowest BCUT2D eigenvalue weighted by Gasteiger charge is -2.19. The minimum Gasteiger partial charge on any atom is -0.394 e. The Morgan fingerprint density at radius 1 is 1.43 bits per heavy atom. The van der Waals surface area contributed by atoms with Crippen molar-refractivity contribution in [2.75, 3.05) is 25.2 Å². The lowest BCUT2D eigenvalue weighted by Crippen LogP contribution is -2.34. The summed E-state index contributed by atoms with van der Waals surface area (Å²) in [6.07, 6.45) is -1.66. The van der Waals surface area contributed by atoms with Crippen LogP contribution < -0.4 is 11.5 Å². The summed E-state index contributed by atoms with van der Waals surface area (Å²) >= 11 is 0. The molecule has 1 aliphatic rings. The Bertz CT molecular complexity index is 661. The lowest BCUT2D eigenvalue weighted by molar-refractivity contribution is -0.0583. The highest BCUT2D eigenvalue weighted by atomic mass is 16.6. The highest BCUT2D eigenvalue weighted by Crippen LogP contribution is 2.33. The number of fused-ring (bicyclic) bond motifs is 1. The van der Waals surface area contributed by atoms with Gasteiger partial charge in [-0.05, 0) is 0 Å². The van der Waals surface area contributed by atoms with Gasteiger partial charge in [0.05, 0.1) is 12.9 Å². The molecule has 1 saturated heterocycles. The normalized spacial score (nSPS) is 29.3. The van der Waals surface area contributed by atoms with E-state index < -0.39 is 24.5 Å². The molecule has 3 rings (SSSR count). The van der Waals surface area contributed by atoms with Gasteiger partial charge in [-0.25, -0.2) is 4.98 Å². The molecule has 0 saturated carbocycles. The summed E-state index contributed by atoms with van der Waals surface area (Å²) in [6.45, 7) is -0.330. The summed E-state index contributed by atoms with van der Waals surface area (Å²) in [5.74, 6) is 0.162. The van der Waals surface area contributed by atoms with Crippen LogP contribution in [0.3, 0.4) is 0 Å². The summed E-state index contributed by atoms with van der Waals surface area (Å²) in [4.78, 5) is 12.1. The van der Waals surface area contributed by atoms with E-state index in [1.165, 1.54) is 13.4 Å². The minimum atomic E-state index is -0.973. The van der Waals surface area contributed by atoms with Crippen molar-refractivity contribution >= 4 is 22.9 Å². The van der Waals surface area contributed by atoms with E-state index in [0.29, 0.717) is 11.2 Å². The van der Waals surface area contributed by atoms with Crippen LogP contribution in [-0.4, -0.2) is 61.8 Å². The van der Waals surface area contributed by atoms with E-state index in [4.69, 9.17) is 20.9 Å². The van der Waals surface area contributed by atoms with Gasteiger partial charge in [-0.1, -0.05) is 0 Å². The van der Waals surface area contributed by atoms with Crippen LogP contribution in [-0.2, 0) is 9.47 Å². The molecule has 1 fully saturated rings. The summed E-state index contributed by atoms with van der Waals surface area (Å²) in [5, 5.41) is 19.3. The molecule has 1 aliphatic heterocycles. The Hall–Kier alpha value is -2.01. The summed E-state index contributed by atoms with van der Waals surface area (Å²) < 4.78 is 12.4. The van der Waals surface area contributed by atoms with Crippen molar-refractivity contribution in [1.82, 2.24) is 19.5 Å². The van der Waals surface area contributed by atoms with Crippen molar-refractivity contribution in [3.8, 4) is 0 Å². The fourth-order valence-electron chi connectivity index (χ4n) is 2.49. The monoisotopic (exact) mass is 296 g/mol. The van der Waals surface area contributed by atoms with Crippen LogP contribution >= 0.6 is 0 Å². The second kappa shape index (κ2) is 5.07. The summed E-state index contributed by atoms with van der Waals surface area (Å²) in [5.41, 5.74) is 12.1. The van der Waals surface area contributed by atoms with Crippen molar-refractivity contribution < 1.29 is 19.7 Å². The number of rotatable bonds is 3. The molecule has 2 aromatic heterocycles. The zero-order valence-corrected chi connectivity index (χ0v) is 11.2. The van der Waals surface area contributed by atoms with Gasteiger partial charge >= 0.3 is 0 Å². The molecule has 0 unspecified atom stereocenters. The highest BCUT2D eigenvalue weighted by Gasteiger charge is 2.45. The second-order valence-electron chi connectivity index (χ2n) is 4.73. The van der Waals surface area contributed by atoms with E-state index >= 15 is 0 Å². The number of anilines is 2. The number of hydrogen-bond acceptors (Lipinski definition) is 9. The highest BCUT2D eigenvalue weighted by molar-refractivity contribution is 5.82. The molecule has 2 aromatic rings. The Kier molecular flexibility index (Phi) is 3.37. The first-order valence-electron chi connectivity index (χ1n) is 6.29. The van der Waals surface area contributed by atoms with Gasteiger partial charge in [-0.3, -0.25) is 4.57 Å². The van der Waals surface area contributed by atoms with Crippen LogP contribution in [0.4, 0.5) is 11.8 Å². The van der Waals surface area contributed by atoms with Gasteiger partial charge < -0.3 is 31.2 Å².